The number of ketones is 1. The van der Waals surface area contributed by atoms with E-state index < -0.39 is 49.2 Å². The van der Waals surface area contributed by atoms with Gasteiger partial charge >= 0.3 is 0 Å². The van der Waals surface area contributed by atoms with Gasteiger partial charge in [-0.1, -0.05) is 12.1 Å². The van der Waals surface area contributed by atoms with Crippen LogP contribution in [0.1, 0.15) is 28.4 Å². The predicted octanol–water partition coefficient (Wildman–Crippen LogP) is -0.0170. The van der Waals surface area contributed by atoms with E-state index in [1.165, 1.54) is 18.2 Å². The monoisotopic (exact) mass is 434 g/mol. The van der Waals surface area contributed by atoms with Crippen molar-refractivity contribution in [3.63, 3.8) is 0 Å². The Morgan fingerprint density at radius 1 is 1.00 bits per heavy atom. The van der Waals surface area contributed by atoms with Crippen molar-refractivity contribution in [1.29, 1.82) is 0 Å². The van der Waals surface area contributed by atoms with Gasteiger partial charge in [0.1, 0.15) is 59.1 Å². The first kappa shape index (κ1) is 21.3. The molecule has 6 N–H and O–H groups in total. The first-order valence-electron chi connectivity index (χ1n) is 9.61. The molecule has 6 atom stereocenters. The molecule has 2 heterocycles. The second-order valence-electron chi connectivity index (χ2n) is 7.46. The van der Waals surface area contributed by atoms with E-state index in [-0.39, 0.29) is 35.0 Å². The topological polar surface area (TPSA) is 166 Å². The molecule has 0 saturated carbocycles. The van der Waals surface area contributed by atoms with Crippen LogP contribution >= 0.6 is 0 Å². The number of Topliss-reactive ketones (excluding diaryl/α,β-unsaturated/α-hetero) is 1. The predicted molar refractivity (Wildman–Crippen MR) is 103 cm³/mol. The fourth-order valence-electron chi connectivity index (χ4n) is 3.66. The van der Waals surface area contributed by atoms with Gasteiger partial charge in [0, 0.05) is 12.1 Å². The third kappa shape index (κ3) is 4.03. The molecule has 0 spiro atoms. The Hall–Kier alpha value is -2.89. The summed E-state index contributed by atoms with van der Waals surface area (Å²) in [5.74, 6) is -0.657. The Kier molecular flexibility index (Phi) is 5.73. The van der Waals surface area contributed by atoms with Crippen LogP contribution in [0.25, 0.3) is 0 Å². The van der Waals surface area contributed by atoms with Gasteiger partial charge in [0.25, 0.3) is 0 Å². The lowest BCUT2D eigenvalue weighted by molar-refractivity contribution is -0.277. The van der Waals surface area contributed by atoms with Gasteiger partial charge in [0.05, 0.1) is 13.0 Å². The largest absolute Gasteiger partial charge is 0.508 e. The van der Waals surface area contributed by atoms with Crippen LogP contribution in [0.2, 0.25) is 0 Å². The van der Waals surface area contributed by atoms with Gasteiger partial charge in [-0.05, 0) is 17.7 Å². The van der Waals surface area contributed by atoms with Crippen LogP contribution in [0.4, 0.5) is 0 Å². The van der Waals surface area contributed by atoms with Gasteiger partial charge in [-0.3, -0.25) is 4.79 Å². The van der Waals surface area contributed by atoms with Gasteiger partial charge in [-0.25, -0.2) is 0 Å². The number of hydrogen-bond acceptors (Lipinski definition) is 10. The molecule has 166 valence electrons. The quantitative estimate of drug-likeness (QED) is 0.385. The molecule has 2 aromatic carbocycles. The number of hydrogen-bond donors (Lipinski definition) is 6. The number of aliphatic hydroxyl groups excluding tert-OH is 4. The Morgan fingerprint density at radius 3 is 2.39 bits per heavy atom. The molecule has 10 heteroatoms. The average Bonchev–Trinajstić information content (AvgIpc) is 2.74. The van der Waals surface area contributed by atoms with E-state index in [0.717, 1.165) is 6.07 Å². The number of phenols is 2. The SMILES string of the molecule is O=C1C[C@H](c2ccc(O)cc2)Oc2cc(O[C@H]3O[C@H](CO)[C@H](O)[C@@H](O)[C@H]3O)cc(O)c21. The Morgan fingerprint density at radius 2 is 1.71 bits per heavy atom. The molecular formula is C21H22O10. The van der Waals surface area contributed by atoms with Crippen LogP contribution in [-0.2, 0) is 4.74 Å². The lowest BCUT2D eigenvalue weighted by Crippen LogP contribution is -2.60. The molecule has 0 bridgehead atoms. The van der Waals surface area contributed by atoms with E-state index in [0.29, 0.717) is 5.56 Å². The second-order valence-corrected chi connectivity index (χ2v) is 7.46. The molecule has 0 aliphatic carbocycles. The first-order valence-corrected chi connectivity index (χ1v) is 9.61. The number of ether oxygens (including phenoxy) is 3. The zero-order valence-electron chi connectivity index (χ0n) is 16.2. The Labute approximate surface area is 176 Å². The number of carbonyl (C=O) groups excluding carboxylic acids is 1. The minimum atomic E-state index is -1.64. The Bertz CT molecular complexity index is 957. The highest BCUT2D eigenvalue weighted by Gasteiger charge is 2.45. The van der Waals surface area contributed by atoms with Crippen molar-refractivity contribution in [3.8, 4) is 23.0 Å². The van der Waals surface area contributed by atoms with E-state index in [1.54, 1.807) is 12.1 Å². The number of aromatic hydroxyl groups is 2. The minimum absolute atomic E-state index is 0.0156. The summed E-state index contributed by atoms with van der Waals surface area (Å²) in [6, 6.07) is 8.64. The van der Waals surface area contributed by atoms with Crippen molar-refractivity contribution in [3.05, 3.63) is 47.5 Å². The summed E-state index contributed by atoms with van der Waals surface area (Å²) in [5, 5.41) is 59.0. The molecule has 0 aromatic heterocycles. The van der Waals surface area contributed by atoms with Gasteiger partial charge in [-0.2, -0.15) is 0 Å². The van der Waals surface area contributed by atoms with Crippen LogP contribution in [-0.4, -0.2) is 73.7 Å². The third-order valence-electron chi connectivity index (χ3n) is 5.34. The van der Waals surface area contributed by atoms with Crippen molar-refractivity contribution in [2.75, 3.05) is 6.61 Å². The van der Waals surface area contributed by atoms with Crippen molar-refractivity contribution >= 4 is 5.78 Å². The van der Waals surface area contributed by atoms with Gasteiger partial charge in [0.2, 0.25) is 6.29 Å². The van der Waals surface area contributed by atoms with Crippen LogP contribution < -0.4 is 9.47 Å². The maximum absolute atomic E-state index is 12.6. The van der Waals surface area contributed by atoms with E-state index in [2.05, 4.69) is 0 Å². The number of benzene rings is 2. The van der Waals surface area contributed by atoms with Crippen molar-refractivity contribution in [2.45, 2.75) is 43.2 Å². The summed E-state index contributed by atoms with van der Waals surface area (Å²) in [6.07, 6.45) is -8.09. The molecule has 0 unspecified atom stereocenters. The highest BCUT2D eigenvalue weighted by atomic mass is 16.7. The van der Waals surface area contributed by atoms with E-state index in [9.17, 15) is 35.4 Å². The van der Waals surface area contributed by atoms with Crippen LogP contribution in [0, 0.1) is 0 Å². The molecule has 2 aromatic rings. The zero-order valence-corrected chi connectivity index (χ0v) is 16.2. The summed E-state index contributed by atoms with van der Waals surface area (Å²) in [7, 11) is 0. The van der Waals surface area contributed by atoms with Gasteiger partial charge < -0.3 is 44.8 Å². The van der Waals surface area contributed by atoms with Gasteiger partial charge in [0.15, 0.2) is 5.78 Å². The smallest absolute Gasteiger partial charge is 0.229 e. The molecule has 4 rings (SSSR count). The molecule has 1 saturated heterocycles. The summed E-state index contributed by atoms with van der Waals surface area (Å²) in [5.41, 5.74) is 0.632. The molecule has 2 aliphatic rings. The summed E-state index contributed by atoms with van der Waals surface area (Å²) < 4.78 is 16.7. The minimum Gasteiger partial charge on any atom is -0.508 e. The second kappa shape index (κ2) is 8.33. The van der Waals surface area contributed by atoms with E-state index in [4.69, 9.17) is 14.2 Å². The van der Waals surface area contributed by atoms with E-state index >= 15 is 0 Å². The lowest BCUT2D eigenvalue weighted by Gasteiger charge is -2.39. The molecule has 0 radical (unpaired) electrons. The zero-order chi connectivity index (χ0) is 22.3. The fourth-order valence-corrected chi connectivity index (χ4v) is 3.66. The number of phenolic OH excluding ortho intramolecular Hbond substituents is 2. The number of carbonyl (C=O) groups is 1. The molecule has 1 fully saturated rings. The number of rotatable bonds is 4. The summed E-state index contributed by atoms with van der Waals surface area (Å²) in [6.45, 7) is -0.619. The van der Waals surface area contributed by atoms with Gasteiger partial charge in [-0.15, -0.1) is 0 Å². The van der Waals surface area contributed by atoms with Crippen molar-refractivity contribution in [2.24, 2.45) is 0 Å². The van der Waals surface area contributed by atoms with Crippen molar-refractivity contribution < 1.29 is 49.6 Å². The summed E-state index contributed by atoms with van der Waals surface area (Å²) >= 11 is 0. The molecule has 0 amide bonds. The highest BCUT2D eigenvalue weighted by Crippen LogP contribution is 2.42. The first-order chi connectivity index (χ1) is 14.8. The molecule has 31 heavy (non-hydrogen) atoms. The fraction of sp³-hybridized carbons (Fsp3) is 0.381. The summed E-state index contributed by atoms with van der Waals surface area (Å²) in [4.78, 5) is 12.6. The maximum Gasteiger partial charge on any atom is 0.229 e. The number of aliphatic hydroxyl groups is 4. The molecule has 2 aliphatic heterocycles. The van der Waals surface area contributed by atoms with Crippen molar-refractivity contribution in [1.82, 2.24) is 0 Å². The molecule has 10 nitrogen and oxygen atoms in total. The van der Waals surface area contributed by atoms with Crippen LogP contribution in [0.3, 0.4) is 0 Å². The van der Waals surface area contributed by atoms with Crippen LogP contribution in [0.5, 0.6) is 23.0 Å². The lowest BCUT2D eigenvalue weighted by atomic mass is 9.95. The van der Waals surface area contributed by atoms with E-state index in [1.807, 2.05) is 0 Å². The maximum atomic E-state index is 12.6. The highest BCUT2D eigenvalue weighted by molar-refractivity contribution is 6.02. The standard InChI is InChI=1S/C21H22O10/c22-8-16-18(26)19(27)20(28)21(31-16)29-11-5-12(24)17-13(25)7-14(30-15(17)6-11)9-1-3-10(23)4-2-9/h1-6,14,16,18-24,26-28H,7-8H2/t14-,16-,18+,19-,20-,21+/m1/s1. The normalized spacial score (nSPS) is 30.4. The average molecular weight is 434 g/mol. The Balaban J connectivity index is 1.59. The third-order valence-corrected chi connectivity index (χ3v) is 5.34. The molecular weight excluding hydrogens is 412 g/mol. The number of fused-ring (bicyclic) bond motifs is 1. The van der Waals surface area contributed by atoms with Crippen LogP contribution in [0.15, 0.2) is 36.4 Å².